The molecule has 2 aromatic carbocycles. The normalized spacial score (nSPS) is 12.6. The Hall–Kier alpha value is -1.61. The van der Waals surface area contributed by atoms with Gasteiger partial charge < -0.3 is 19.3 Å². The number of ether oxygens (including phenoxy) is 3. The molecule has 4 nitrogen and oxygen atoms in total. The smallest absolute Gasteiger partial charge is 0.188 e. The Kier molecular flexibility index (Phi) is 6.40. The molecule has 0 aliphatic rings. The van der Waals surface area contributed by atoms with Crippen molar-refractivity contribution in [1.82, 2.24) is 0 Å². The van der Waals surface area contributed by atoms with Gasteiger partial charge in [-0.25, -0.2) is 0 Å². The summed E-state index contributed by atoms with van der Waals surface area (Å²) in [7, 11) is 3.57. The molecule has 5 heteroatoms. The fourth-order valence-electron chi connectivity index (χ4n) is 2.39. The van der Waals surface area contributed by atoms with Gasteiger partial charge >= 0.3 is 0 Å². The van der Waals surface area contributed by atoms with E-state index < -0.39 is 6.10 Å². The first kappa shape index (κ1) is 17.7. The minimum Gasteiger partial charge on any atom is -0.493 e. The van der Waals surface area contributed by atoms with Gasteiger partial charge in [-0.15, -0.1) is 0 Å². The van der Waals surface area contributed by atoms with Crippen molar-refractivity contribution in [1.29, 1.82) is 0 Å². The largest absolute Gasteiger partial charge is 0.493 e. The lowest BCUT2D eigenvalue weighted by molar-refractivity contribution is 0.0500. The molecule has 0 radical (unpaired) electrons. The van der Waals surface area contributed by atoms with E-state index in [-0.39, 0.29) is 6.79 Å². The molecule has 1 N–H and O–H groups in total. The summed E-state index contributed by atoms with van der Waals surface area (Å²) in [6.45, 7) is 4.01. The average molecular weight is 334 g/mol. The molecule has 0 spiro atoms. The van der Waals surface area contributed by atoms with Crippen LogP contribution in [0.5, 0.6) is 11.5 Å². The molecule has 0 saturated carbocycles. The molecule has 0 aliphatic carbocycles. The van der Waals surface area contributed by atoms with Gasteiger partial charge in [-0.05, 0) is 36.3 Å². The Balaban J connectivity index is 2.44. The molecule has 0 fully saturated rings. The van der Waals surface area contributed by atoms with E-state index in [2.05, 4.69) is 13.0 Å². The summed E-state index contributed by atoms with van der Waals surface area (Å²) in [6.07, 6.45) is -0.508. The molecule has 2 atom stereocenters. The van der Waals surface area contributed by atoms with Gasteiger partial charge in [0.2, 0.25) is 0 Å². The summed E-state index contributed by atoms with van der Waals surface area (Å²) in [5.41, 5.74) is 2.10. The first-order chi connectivity index (χ1) is 11.1. The van der Waals surface area contributed by atoms with Crippen LogP contribution in [0.4, 0.5) is 0 Å². The molecule has 0 saturated heterocycles. The maximum Gasteiger partial charge on any atom is 0.188 e. The van der Waals surface area contributed by atoms with Crippen molar-refractivity contribution in [3.8, 4) is 11.5 Å². The number of rotatable bonds is 7. The van der Waals surface area contributed by atoms with E-state index in [1.54, 1.807) is 21.1 Å². The van der Waals surface area contributed by atoms with Crippen LogP contribution in [-0.4, -0.2) is 26.1 Å². The summed E-state index contributed by atoms with van der Waals surface area (Å²) < 4.78 is 16.1. The number of aryl methyl sites for hydroxylation is 1. The van der Waals surface area contributed by atoms with Crippen LogP contribution in [0, 0.1) is 6.92 Å². The molecule has 0 heterocycles. The van der Waals surface area contributed by atoms with Gasteiger partial charge in [-0.2, -0.15) is 0 Å². The number of hydrogen-bond donors (Lipinski definition) is 1. The van der Waals surface area contributed by atoms with Crippen LogP contribution >= 0.6 is 8.58 Å². The van der Waals surface area contributed by atoms with E-state index >= 15 is 0 Å². The van der Waals surface area contributed by atoms with E-state index in [1.165, 1.54) is 0 Å². The summed E-state index contributed by atoms with van der Waals surface area (Å²) in [5, 5.41) is 12.2. The number of benzene rings is 2. The maximum atomic E-state index is 10.0. The second-order valence-electron chi connectivity index (χ2n) is 5.23. The summed E-state index contributed by atoms with van der Waals surface area (Å²) in [6, 6.07) is 11.8. The van der Waals surface area contributed by atoms with Crippen LogP contribution in [-0.2, 0) is 4.74 Å². The fraction of sp³-hybridized carbons (Fsp3) is 0.333. The molecule has 0 aliphatic heterocycles. The first-order valence-electron chi connectivity index (χ1n) is 7.41. The van der Waals surface area contributed by atoms with Crippen molar-refractivity contribution in [3.63, 3.8) is 0 Å². The van der Waals surface area contributed by atoms with Crippen LogP contribution in [0.1, 0.15) is 24.2 Å². The zero-order valence-corrected chi connectivity index (χ0v) is 14.9. The minimum atomic E-state index is -0.508. The van der Waals surface area contributed by atoms with Crippen LogP contribution in [0.3, 0.4) is 0 Å². The van der Waals surface area contributed by atoms with Crippen molar-refractivity contribution >= 4 is 19.2 Å². The summed E-state index contributed by atoms with van der Waals surface area (Å²) in [5.74, 6) is 1.37. The maximum absolute atomic E-state index is 10.0. The number of aliphatic hydroxyl groups excluding tert-OH is 1. The van der Waals surface area contributed by atoms with Gasteiger partial charge in [-0.1, -0.05) is 38.9 Å². The molecular weight excluding hydrogens is 311 g/mol. The second-order valence-corrected chi connectivity index (χ2v) is 6.52. The predicted octanol–water partition coefficient (Wildman–Crippen LogP) is 2.67. The Bertz CT molecular complexity index is 655. The topological polar surface area (TPSA) is 47.9 Å². The van der Waals surface area contributed by atoms with Crippen molar-refractivity contribution in [2.24, 2.45) is 0 Å². The molecule has 0 aromatic heterocycles. The van der Waals surface area contributed by atoms with E-state index in [9.17, 15) is 5.11 Å². The van der Waals surface area contributed by atoms with E-state index in [1.807, 2.05) is 30.3 Å². The second kappa shape index (κ2) is 8.30. The molecule has 0 bridgehead atoms. The van der Waals surface area contributed by atoms with Gasteiger partial charge in [0.05, 0.1) is 13.2 Å². The van der Waals surface area contributed by atoms with Gasteiger partial charge in [0.1, 0.15) is 0 Å². The van der Waals surface area contributed by atoms with Gasteiger partial charge in [0, 0.05) is 12.4 Å². The highest BCUT2D eigenvalue weighted by Crippen LogP contribution is 2.31. The fourth-order valence-corrected chi connectivity index (χ4v) is 3.86. The third-order valence-corrected chi connectivity index (χ3v) is 5.13. The Morgan fingerprint density at radius 2 is 1.87 bits per heavy atom. The van der Waals surface area contributed by atoms with E-state index in [0.29, 0.717) is 20.1 Å². The van der Waals surface area contributed by atoms with Crippen molar-refractivity contribution < 1.29 is 19.3 Å². The number of methoxy groups -OCH3 is 2. The summed E-state index contributed by atoms with van der Waals surface area (Å²) >= 11 is 0. The molecule has 2 rings (SSSR count). The number of aliphatic hydroxyl groups is 1. The van der Waals surface area contributed by atoms with Crippen molar-refractivity contribution in [2.75, 3.05) is 21.0 Å². The minimum absolute atomic E-state index is 0.162. The predicted molar refractivity (Wildman–Crippen MR) is 94.9 cm³/mol. The zero-order chi connectivity index (χ0) is 16.8. The van der Waals surface area contributed by atoms with Gasteiger partial charge in [0.15, 0.2) is 18.3 Å². The van der Waals surface area contributed by atoms with Crippen molar-refractivity contribution in [3.05, 3.63) is 47.5 Å². The summed E-state index contributed by atoms with van der Waals surface area (Å²) in [4.78, 5) is 0. The monoisotopic (exact) mass is 334 g/mol. The molecular formula is C18H23O4P. The third kappa shape index (κ3) is 4.23. The molecule has 2 aromatic rings. The lowest BCUT2D eigenvalue weighted by Gasteiger charge is -2.18. The Labute approximate surface area is 139 Å². The average Bonchev–Trinajstić information content (AvgIpc) is 2.54. The van der Waals surface area contributed by atoms with Crippen LogP contribution in [0.2, 0.25) is 0 Å². The SMILES string of the molecule is COCOc1c(OC)cccc1Pc1c(C)cccc1C(C)O. The Morgan fingerprint density at radius 3 is 2.52 bits per heavy atom. The first-order valence-corrected chi connectivity index (χ1v) is 8.41. The molecule has 2 unspecified atom stereocenters. The highest BCUT2D eigenvalue weighted by molar-refractivity contribution is 7.56. The van der Waals surface area contributed by atoms with Crippen molar-refractivity contribution in [2.45, 2.75) is 20.0 Å². The lowest BCUT2D eigenvalue weighted by atomic mass is 10.1. The molecule has 23 heavy (non-hydrogen) atoms. The van der Waals surface area contributed by atoms with Crippen LogP contribution in [0.15, 0.2) is 36.4 Å². The van der Waals surface area contributed by atoms with Gasteiger partial charge in [-0.3, -0.25) is 0 Å². The van der Waals surface area contributed by atoms with E-state index in [4.69, 9.17) is 14.2 Å². The highest BCUT2D eigenvalue weighted by atomic mass is 31.1. The van der Waals surface area contributed by atoms with E-state index in [0.717, 1.165) is 21.7 Å². The van der Waals surface area contributed by atoms with Gasteiger partial charge in [0.25, 0.3) is 0 Å². The number of para-hydroxylation sites is 1. The quantitative estimate of drug-likeness (QED) is 0.625. The lowest BCUT2D eigenvalue weighted by Crippen LogP contribution is -2.17. The third-order valence-electron chi connectivity index (χ3n) is 3.53. The molecule has 0 amide bonds. The van der Waals surface area contributed by atoms with Crippen LogP contribution < -0.4 is 20.1 Å². The number of hydrogen-bond acceptors (Lipinski definition) is 4. The highest BCUT2D eigenvalue weighted by Gasteiger charge is 2.16. The zero-order valence-electron chi connectivity index (χ0n) is 13.9. The molecule has 124 valence electrons. The standard InChI is InChI=1S/C18H23O4P/c1-12-7-5-8-14(13(2)19)18(12)23-16-10-6-9-15(21-4)17(16)22-11-20-3/h5-10,13,19,23H,11H2,1-4H3. The van der Waals surface area contributed by atoms with Crippen LogP contribution in [0.25, 0.3) is 0 Å². The Morgan fingerprint density at radius 1 is 1.13 bits per heavy atom.